The molecule has 0 aliphatic rings. The van der Waals surface area contributed by atoms with Crippen molar-refractivity contribution in [2.75, 3.05) is 119 Å². The number of aryl methyl sites for hydroxylation is 1. The molecule has 0 fully saturated rings. The van der Waals surface area contributed by atoms with Gasteiger partial charge in [0, 0.05) is 0 Å². The molecule has 0 N–H and O–H groups in total. The van der Waals surface area contributed by atoms with E-state index in [9.17, 15) is 8.42 Å². The fourth-order valence-corrected chi connectivity index (χ4v) is 11.1. The van der Waals surface area contributed by atoms with E-state index in [4.69, 9.17) is 46.5 Å². The van der Waals surface area contributed by atoms with Gasteiger partial charge in [0.1, 0.15) is 0 Å². The number of hydrogen-bond donors (Lipinski definition) is 0. The summed E-state index contributed by atoms with van der Waals surface area (Å²) in [5.74, 6) is 0. The van der Waals surface area contributed by atoms with Gasteiger partial charge >= 0.3 is 0 Å². The van der Waals surface area contributed by atoms with Crippen molar-refractivity contribution in [2.45, 2.75) is 37.6 Å². The number of ether oxygens (including phenoxy) is 8. The Hall–Kier alpha value is -2.57. The summed E-state index contributed by atoms with van der Waals surface area (Å²) in [7, 11) is -6.33. The van der Waals surface area contributed by atoms with Gasteiger partial charge in [0.05, 0.1) is 124 Å². The van der Waals surface area contributed by atoms with Gasteiger partial charge in [-0.3, -0.25) is 4.18 Å². The summed E-state index contributed by atoms with van der Waals surface area (Å²) in [6.07, 6.45) is 0. The maximum Gasteiger partial charge on any atom is 0.297 e. The van der Waals surface area contributed by atoms with Crippen LogP contribution in [0.1, 0.15) is 26.3 Å². The summed E-state index contributed by atoms with van der Waals surface area (Å²) in [5.41, 5.74) is 0.975. The maximum atomic E-state index is 12.1. The molecule has 0 heterocycles. The summed E-state index contributed by atoms with van der Waals surface area (Å²) in [4.78, 5) is 0.128. The highest BCUT2D eigenvalue weighted by atomic mass is 32.2. The first-order valence-electron chi connectivity index (χ1n) is 19.0. The van der Waals surface area contributed by atoms with E-state index in [2.05, 4.69) is 69.3 Å². The van der Waals surface area contributed by atoms with Gasteiger partial charge in [-0.2, -0.15) is 8.42 Å². The Balaban J connectivity index is 1.05. The molecular formula is C41H62O12SSi. The zero-order chi connectivity index (χ0) is 39.5. The van der Waals surface area contributed by atoms with E-state index in [0.29, 0.717) is 106 Å². The van der Waals surface area contributed by atoms with Gasteiger partial charge in [-0.1, -0.05) is 99.1 Å². The van der Waals surface area contributed by atoms with Crippen molar-refractivity contribution in [3.63, 3.8) is 0 Å². The first-order chi connectivity index (χ1) is 26.7. The second kappa shape index (κ2) is 27.1. The molecule has 14 heteroatoms. The number of benzene rings is 3. The van der Waals surface area contributed by atoms with Crippen LogP contribution in [0.4, 0.5) is 0 Å². The number of rotatable bonds is 32. The molecule has 0 aliphatic carbocycles. The lowest BCUT2D eigenvalue weighted by molar-refractivity contribution is -0.0241. The lowest BCUT2D eigenvalue weighted by Gasteiger charge is -2.43. The van der Waals surface area contributed by atoms with Crippen LogP contribution < -0.4 is 10.4 Å². The standard InChI is InChI=1S/C41H62O12SSi/c1-37-15-17-38(18-16-37)54(42,43)52-35-33-50-31-29-48-27-25-46-23-21-44-19-20-45-22-24-47-26-28-49-30-32-51-34-36-53-55(41(2,3)4,39-11-7-5-8-12-39)40-13-9-6-10-14-40/h5-18H,19-36H2,1-4H3. The van der Waals surface area contributed by atoms with Crippen LogP contribution in [0.25, 0.3) is 0 Å². The van der Waals surface area contributed by atoms with Crippen LogP contribution >= 0.6 is 0 Å². The minimum atomic E-state index is -3.78. The van der Waals surface area contributed by atoms with Crippen molar-refractivity contribution in [1.29, 1.82) is 0 Å². The van der Waals surface area contributed by atoms with Crippen LogP contribution in [0.3, 0.4) is 0 Å². The highest BCUT2D eigenvalue weighted by Gasteiger charge is 2.50. The summed E-state index contributed by atoms with van der Waals surface area (Å²) < 4.78 is 80.5. The fourth-order valence-electron chi connectivity index (χ4n) is 5.63. The molecule has 12 nitrogen and oxygen atoms in total. The van der Waals surface area contributed by atoms with Crippen molar-refractivity contribution in [1.82, 2.24) is 0 Å². The lowest BCUT2D eigenvalue weighted by atomic mass is 10.2. The molecule has 0 atom stereocenters. The molecule has 308 valence electrons. The van der Waals surface area contributed by atoms with Crippen LogP contribution in [-0.4, -0.2) is 136 Å². The third-order valence-corrected chi connectivity index (χ3v) is 14.7. The zero-order valence-electron chi connectivity index (χ0n) is 33.1. The molecule has 0 aromatic heterocycles. The van der Waals surface area contributed by atoms with E-state index in [1.54, 1.807) is 12.1 Å². The smallest absolute Gasteiger partial charge is 0.297 e. The van der Waals surface area contributed by atoms with Crippen LogP contribution in [0.5, 0.6) is 0 Å². The van der Waals surface area contributed by atoms with Gasteiger partial charge in [-0.05, 0) is 34.5 Å². The van der Waals surface area contributed by atoms with Gasteiger partial charge in [0.15, 0.2) is 0 Å². The molecule has 0 amide bonds. The van der Waals surface area contributed by atoms with E-state index in [1.807, 2.05) is 19.1 Å². The predicted octanol–water partition coefficient (Wildman–Crippen LogP) is 4.41. The van der Waals surface area contributed by atoms with Crippen molar-refractivity contribution in [2.24, 2.45) is 0 Å². The van der Waals surface area contributed by atoms with Crippen molar-refractivity contribution in [3.8, 4) is 0 Å². The topological polar surface area (TPSA) is 126 Å². The molecule has 0 aliphatic heterocycles. The third kappa shape index (κ3) is 18.1. The Morgan fingerprint density at radius 3 is 1.07 bits per heavy atom. The monoisotopic (exact) mass is 806 g/mol. The Morgan fingerprint density at radius 1 is 0.436 bits per heavy atom. The Morgan fingerprint density at radius 2 is 0.745 bits per heavy atom. The first-order valence-corrected chi connectivity index (χ1v) is 22.3. The van der Waals surface area contributed by atoms with E-state index in [1.165, 1.54) is 22.5 Å². The van der Waals surface area contributed by atoms with Crippen LogP contribution in [0, 0.1) is 6.92 Å². The van der Waals surface area contributed by atoms with E-state index in [-0.39, 0.29) is 23.1 Å². The van der Waals surface area contributed by atoms with Crippen molar-refractivity contribution >= 4 is 28.8 Å². The Labute approximate surface area is 329 Å². The highest BCUT2D eigenvalue weighted by Crippen LogP contribution is 2.36. The quantitative estimate of drug-likeness (QED) is 0.0504. The van der Waals surface area contributed by atoms with E-state index >= 15 is 0 Å². The van der Waals surface area contributed by atoms with E-state index in [0.717, 1.165) is 5.56 Å². The molecule has 55 heavy (non-hydrogen) atoms. The summed E-state index contributed by atoms with van der Waals surface area (Å²) in [6, 6.07) is 27.7. The Bertz CT molecular complexity index is 1450. The molecular weight excluding hydrogens is 745 g/mol. The minimum Gasteiger partial charge on any atom is -0.405 e. The SMILES string of the molecule is Cc1ccc(S(=O)(=O)OCCOCCOCCOCCOCCOCCOCCOCCOCCO[Si](c2ccccc2)(c2ccccc2)C(C)(C)C)cc1. The third-order valence-electron chi connectivity index (χ3n) is 8.34. The normalized spacial score (nSPS) is 12.4. The second-order valence-corrected chi connectivity index (χ2v) is 19.4. The second-order valence-electron chi connectivity index (χ2n) is 13.5. The van der Waals surface area contributed by atoms with Crippen LogP contribution in [0.2, 0.25) is 5.04 Å². The van der Waals surface area contributed by atoms with Crippen molar-refractivity contribution < 1.29 is 54.9 Å². The van der Waals surface area contributed by atoms with E-state index < -0.39 is 18.4 Å². The molecule has 3 rings (SSSR count). The van der Waals surface area contributed by atoms with Gasteiger partial charge in [0.2, 0.25) is 0 Å². The highest BCUT2D eigenvalue weighted by molar-refractivity contribution is 7.86. The zero-order valence-corrected chi connectivity index (χ0v) is 34.9. The van der Waals surface area contributed by atoms with Crippen LogP contribution in [-0.2, 0) is 56.6 Å². The van der Waals surface area contributed by atoms with Gasteiger partial charge in [-0.15, -0.1) is 0 Å². The molecule has 0 saturated carbocycles. The molecule has 0 radical (unpaired) electrons. The average Bonchev–Trinajstić information content (AvgIpc) is 3.17. The lowest BCUT2D eigenvalue weighted by Crippen LogP contribution is -2.66. The molecule has 0 bridgehead atoms. The molecule has 3 aromatic rings. The largest absolute Gasteiger partial charge is 0.405 e. The molecule has 3 aromatic carbocycles. The number of hydrogen-bond acceptors (Lipinski definition) is 12. The summed E-state index contributed by atoms with van der Waals surface area (Å²) in [5, 5.41) is 2.45. The summed E-state index contributed by atoms with van der Waals surface area (Å²) in [6.45, 7) is 16.1. The average molecular weight is 807 g/mol. The molecule has 0 saturated heterocycles. The van der Waals surface area contributed by atoms with Gasteiger partial charge < -0.3 is 42.3 Å². The maximum absolute atomic E-state index is 12.1. The summed E-state index contributed by atoms with van der Waals surface area (Å²) >= 11 is 0. The molecule has 0 unspecified atom stereocenters. The fraction of sp³-hybridized carbons (Fsp3) is 0.561. The van der Waals surface area contributed by atoms with Gasteiger partial charge in [0.25, 0.3) is 18.4 Å². The van der Waals surface area contributed by atoms with Crippen LogP contribution in [0.15, 0.2) is 89.8 Å². The first kappa shape index (κ1) is 46.8. The van der Waals surface area contributed by atoms with Crippen molar-refractivity contribution in [3.05, 3.63) is 90.5 Å². The minimum absolute atomic E-state index is 0.0603. The molecule has 0 spiro atoms. The Kier molecular flexibility index (Phi) is 23.1. The van der Waals surface area contributed by atoms with Gasteiger partial charge in [-0.25, -0.2) is 0 Å². The predicted molar refractivity (Wildman–Crippen MR) is 214 cm³/mol.